The molecule has 1 amide bonds. The molecule has 2 heterocycles. The lowest BCUT2D eigenvalue weighted by molar-refractivity contribution is -0.0156. The number of benzene rings is 1. The van der Waals surface area contributed by atoms with E-state index >= 15 is 0 Å². The van der Waals surface area contributed by atoms with Crippen LogP contribution in [0.25, 0.3) is 0 Å². The SMILES string of the molecule is CC(C)(C)OC(=O)N1CCC[C@@]1(COC(=O)c1ccccn1)c1cccc(Cl)c1. The lowest BCUT2D eigenvalue weighted by Crippen LogP contribution is -2.50. The van der Waals surface area contributed by atoms with Crippen molar-refractivity contribution >= 4 is 23.7 Å². The van der Waals surface area contributed by atoms with Crippen LogP contribution in [0.1, 0.15) is 49.7 Å². The van der Waals surface area contributed by atoms with E-state index in [4.69, 9.17) is 21.1 Å². The van der Waals surface area contributed by atoms with Gasteiger partial charge in [-0.25, -0.2) is 14.6 Å². The fraction of sp³-hybridized carbons (Fsp3) is 0.409. The van der Waals surface area contributed by atoms with Gasteiger partial charge < -0.3 is 9.47 Å². The molecule has 2 aromatic rings. The second kappa shape index (κ2) is 8.41. The van der Waals surface area contributed by atoms with Gasteiger partial charge in [0.2, 0.25) is 0 Å². The molecule has 0 saturated carbocycles. The first-order chi connectivity index (χ1) is 13.7. The van der Waals surface area contributed by atoms with E-state index in [1.165, 1.54) is 6.20 Å². The van der Waals surface area contributed by atoms with E-state index < -0.39 is 23.2 Å². The molecule has 1 aliphatic rings. The number of esters is 1. The molecule has 1 aromatic heterocycles. The molecule has 154 valence electrons. The van der Waals surface area contributed by atoms with Gasteiger partial charge in [-0.3, -0.25) is 4.90 Å². The van der Waals surface area contributed by atoms with Gasteiger partial charge in [-0.1, -0.05) is 29.8 Å². The van der Waals surface area contributed by atoms with E-state index in [1.54, 1.807) is 35.2 Å². The normalized spacial score (nSPS) is 19.1. The summed E-state index contributed by atoms with van der Waals surface area (Å²) in [6, 6.07) is 12.3. The van der Waals surface area contributed by atoms with E-state index in [-0.39, 0.29) is 12.3 Å². The third kappa shape index (κ3) is 4.88. The number of carbonyl (C=O) groups excluding carboxylic acids is 2. The molecule has 1 aromatic carbocycles. The zero-order valence-electron chi connectivity index (χ0n) is 16.9. The number of hydrogen-bond donors (Lipinski definition) is 0. The summed E-state index contributed by atoms with van der Waals surface area (Å²) >= 11 is 6.23. The minimum absolute atomic E-state index is 0.0119. The first-order valence-corrected chi connectivity index (χ1v) is 9.94. The topological polar surface area (TPSA) is 68.7 Å². The fourth-order valence-electron chi connectivity index (χ4n) is 3.52. The molecule has 0 N–H and O–H groups in total. The number of halogens is 1. The van der Waals surface area contributed by atoms with Gasteiger partial charge >= 0.3 is 12.1 Å². The highest BCUT2D eigenvalue weighted by atomic mass is 35.5. The van der Waals surface area contributed by atoms with Gasteiger partial charge in [0.25, 0.3) is 0 Å². The Kier molecular flexibility index (Phi) is 6.13. The van der Waals surface area contributed by atoms with E-state index in [1.807, 2.05) is 32.9 Å². The van der Waals surface area contributed by atoms with E-state index in [9.17, 15) is 9.59 Å². The molecule has 1 fully saturated rings. The van der Waals surface area contributed by atoms with Crippen LogP contribution in [0.4, 0.5) is 4.79 Å². The summed E-state index contributed by atoms with van der Waals surface area (Å²) in [7, 11) is 0. The van der Waals surface area contributed by atoms with Crippen LogP contribution >= 0.6 is 11.6 Å². The van der Waals surface area contributed by atoms with Gasteiger partial charge in [0.1, 0.15) is 23.4 Å². The summed E-state index contributed by atoms with van der Waals surface area (Å²) < 4.78 is 11.2. The van der Waals surface area contributed by atoms with Gasteiger partial charge in [-0.15, -0.1) is 0 Å². The van der Waals surface area contributed by atoms with Crippen molar-refractivity contribution < 1.29 is 19.1 Å². The van der Waals surface area contributed by atoms with Crippen LogP contribution in [0.2, 0.25) is 5.02 Å². The Morgan fingerprint density at radius 2 is 2.00 bits per heavy atom. The highest BCUT2D eigenvalue weighted by molar-refractivity contribution is 6.30. The van der Waals surface area contributed by atoms with Gasteiger partial charge in [0.05, 0.1) is 0 Å². The quantitative estimate of drug-likeness (QED) is 0.668. The van der Waals surface area contributed by atoms with Crippen molar-refractivity contribution in [1.29, 1.82) is 0 Å². The Labute approximate surface area is 175 Å². The molecule has 3 rings (SSSR count). The summed E-state index contributed by atoms with van der Waals surface area (Å²) in [5.41, 5.74) is -0.458. The Hall–Kier alpha value is -2.60. The molecule has 7 heteroatoms. The fourth-order valence-corrected chi connectivity index (χ4v) is 3.71. The number of amides is 1. The maximum absolute atomic E-state index is 13.0. The third-order valence-corrected chi connectivity index (χ3v) is 5.02. The number of nitrogens with zero attached hydrogens (tertiary/aromatic N) is 2. The van der Waals surface area contributed by atoms with E-state index in [0.29, 0.717) is 18.0 Å². The van der Waals surface area contributed by atoms with Crippen molar-refractivity contribution in [2.45, 2.75) is 44.8 Å². The highest BCUT2D eigenvalue weighted by Crippen LogP contribution is 2.41. The number of carbonyl (C=O) groups is 2. The summed E-state index contributed by atoms with van der Waals surface area (Å²) in [5, 5.41) is 0.550. The highest BCUT2D eigenvalue weighted by Gasteiger charge is 2.48. The third-order valence-electron chi connectivity index (χ3n) is 4.78. The Morgan fingerprint density at radius 3 is 2.66 bits per heavy atom. The summed E-state index contributed by atoms with van der Waals surface area (Å²) in [6.45, 7) is 5.96. The predicted octanol–water partition coefficient (Wildman–Crippen LogP) is 4.82. The zero-order chi connectivity index (χ0) is 21.1. The summed E-state index contributed by atoms with van der Waals surface area (Å²) in [6.07, 6.45) is 2.48. The maximum Gasteiger partial charge on any atom is 0.411 e. The lowest BCUT2D eigenvalue weighted by Gasteiger charge is -2.39. The van der Waals surface area contributed by atoms with Gasteiger partial charge in [0, 0.05) is 17.8 Å². The molecule has 0 bridgehead atoms. The molecular weight excluding hydrogens is 392 g/mol. The zero-order valence-corrected chi connectivity index (χ0v) is 17.6. The van der Waals surface area contributed by atoms with Crippen molar-refractivity contribution in [2.75, 3.05) is 13.2 Å². The lowest BCUT2D eigenvalue weighted by atomic mass is 9.88. The van der Waals surface area contributed by atoms with Crippen molar-refractivity contribution in [1.82, 2.24) is 9.88 Å². The van der Waals surface area contributed by atoms with Crippen LogP contribution in [-0.2, 0) is 15.0 Å². The van der Waals surface area contributed by atoms with E-state index in [2.05, 4.69) is 4.98 Å². The molecule has 29 heavy (non-hydrogen) atoms. The van der Waals surface area contributed by atoms with Crippen LogP contribution < -0.4 is 0 Å². The number of ether oxygens (including phenoxy) is 2. The van der Waals surface area contributed by atoms with Crippen LogP contribution in [-0.4, -0.2) is 40.7 Å². The number of pyridine rings is 1. The Morgan fingerprint density at radius 1 is 1.21 bits per heavy atom. The van der Waals surface area contributed by atoms with Crippen LogP contribution in [0.3, 0.4) is 0 Å². The number of rotatable bonds is 4. The molecule has 0 spiro atoms. The van der Waals surface area contributed by atoms with Crippen molar-refractivity contribution in [3.8, 4) is 0 Å². The summed E-state index contributed by atoms with van der Waals surface area (Å²) in [5.74, 6) is -0.539. The molecule has 1 aliphatic heterocycles. The molecule has 0 radical (unpaired) electrons. The first kappa shape index (κ1) is 21.1. The Balaban J connectivity index is 1.92. The Bertz CT molecular complexity index is 882. The molecule has 1 saturated heterocycles. The minimum Gasteiger partial charge on any atom is -0.458 e. The second-order valence-corrected chi connectivity index (χ2v) is 8.51. The van der Waals surface area contributed by atoms with Crippen molar-refractivity contribution in [3.05, 3.63) is 64.9 Å². The van der Waals surface area contributed by atoms with Crippen molar-refractivity contribution in [2.24, 2.45) is 0 Å². The smallest absolute Gasteiger partial charge is 0.411 e. The minimum atomic E-state index is -0.850. The summed E-state index contributed by atoms with van der Waals surface area (Å²) in [4.78, 5) is 31.2. The number of aromatic nitrogens is 1. The molecule has 1 atom stereocenters. The van der Waals surface area contributed by atoms with Crippen LogP contribution in [0.15, 0.2) is 48.7 Å². The second-order valence-electron chi connectivity index (χ2n) is 8.07. The van der Waals surface area contributed by atoms with Crippen molar-refractivity contribution in [3.63, 3.8) is 0 Å². The van der Waals surface area contributed by atoms with Gasteiger partial charge in [-0.2, -0.15) is 0 Å². The van der Waals surface area contributed by atoms with Gasteiger partial charge in [-0.05, 0) is 63.4 Å². The molecular formula is C22H25ClN2O4. The molecule has 0 unspecified atom stereocenters. The number of hydrogen-bond acceptors (Lipinski definition) is 5. The van der Waals surface area contributed by atoms with Crippen LogP contribution in [0.5, 0.6) is 0 Å². The van der Waals surface area contributed by atoms with Crippen LogP contribution in [0, 0.1) is 0 Å². The maximum atomic E-state index is 13.0. The number of likely N-dealkylation sites (tertiary alicyclic amines) is 1. The first-order valence-electron chi connectivity index (χ1n) is 9.56. The van der Waals surface area contributed by atoms with Gasteiger partial charge in [0.15, 0.2) is 0 Å². The average Bonchev–Trinajstić information content (AvgIpc) is 3.11. The standard InChI is InChI=1S/C22H25ClN2O4/c1-21(2,3)29-20(27)25-13-7-11-22(25,16-8-6-9-17(23)14-16)15-28-19(26)18-10-4-5-12-24-18/h4-6,8-10,12,14H,7,11,13,15H2,1-3H3/t22-/m1/s1. The largest absolute Gasteiger partial charge is 0.458 e. The molecule has 6 nitrogen and oxygen atoms in total. The van der Waals surface area contributed by atoms with E-state index in [0.717, 1.165) is 12.0 Å². The monoisotopic (exact) mass is 416 g/mol. The average molecular weight is 417 g/mol. The molecule has 0 aliphatic carbocycles. The predicted molar refractivity (Wildman–Crippen MR) is 110 cm³/mol.